The lowest BCUT2D eigenvalue weighted by atomic mass is 10.2. The van der Waals surface area contributed by atoms with Crippen LogP contribution in [0.4, 0.5) is 11.5 Å². The van der Waals surface area contributed by atoms with E-state index in [1.165, 1.54) is 0 Å². The van der Waals surface area contributed by atoms with Gasteiger partial charge in [0.1, 0.15) is 5.82 Å². The highest BCUT2D eigenvalue weighted by atomic mass is 16.5. The van der Waals surface area contributed by atoms with Gasteiger partial charge < -0.3 is 20.7 Å². The Morgan fingerprint density at radius 2 is 2.00 bits per heavy atom. The molecular formula is C14H26N4O. The molecular weight excluding hydrogens is 240 g/mol. The van der Waals surface area contributed by atoms with E-state index in [0.29, 0.717) is 30.1 Å². The SMILES string of the molecule is CC(C)COc1nc(NCC(C)N(C)C)ccc1N. The van der Waals surface area contributed by atoms with Gasteiger partial charge in [0.15, 0.2) is 0 Å². The molecule has 1 rings (SSSR count). The molecule has 0 fully saturated rings. The van der Waals surface area contributed by atoms with E-state index in [-0.39, 0.29) is 0 Å². The first-order valence-corrected chi connectivity index (χ1v) is 6.69. The van der Waals surface area contributed by atoms with Crippen LogP contribution in [-0.2, 0) is 0 Å². The van der Waals surface area contributed by atoms with Crippen LogP contribution in [0, 0.1) is 5.92 Å². The lowest BCUT2D eigenvalue weighted by molar-refractivity contribution is 0.263. The maximum atomic E-state index is 5.86. The predicted octanol–water partition coefficient (Wildman–Crippen LogP) is 2.06. The maximum absolute atomic E-state index is 5.86. The molecule has 0 aliphatic carbocycles. The Bertz CT molecular complexity index is 393. The molecule has 1 aromatic rings. The van der Waals surface area contributed by atoms with E-state index in [0.717, 1.165) is 12.4 Å². The number of ether oxygens (including phenoxy) is 1. The Kier molecular flexibility index (Phi) is 5.89. The number of rotatable bonds is 7. The highest BCUT2D eigenvalue weighted by molar-refractivity contribution is 5.53. The first-order valence-electron chi connectivity index (χ1n) is 6.69. The minimum atomic E-state index is 0.430. The van der Waals surface area contributed by atoms with Crippen molar-refractivity contribution < 1.29 is 4.74 Å². The van der Waals surface area contributed by atoms with Gasteiger partial charge in [0.05, 0.1) is 12.3 Å². The Hall–Kier alpha value is -1.49. The molecule has 0 saturated carbocycles. The summed E-state index contributed by atoms with van der Waals surface area (Å²) in [5.74, 6) is 1.75. The largest absolute Gasteiger partial charge is 0.476 e. The molecule has 1 heterocycles. The van der Waals surface area contributed by atoms with Crippen LogP contribution in [0.25, 0.3) is 0 Å². The second kappa shape index (κ2) is 7.19. The topological polar surface area (TPSA) is 63.4 Å². The van der Waals surface area contributed by atoms with Crippen molar-refractivity contribution in [3.8, 4) is 5.88 Å². The van der Waals surface area contributed by atoms with Gasteiger partial charge in [-0.05, 0) is 39.1 Å². The van der Waals surface area contributed by atoms with E-state index in [4.69, 9.17) is 10.5 Å². The molecule has 1 atom stereocenters. The smallest absolute Gasteiger partial charge is 0.239 e. The summed E-state index contributed by atoms with van der Waals surface area (Å²) in [6.07, 6.45) is 0. The number of pyridine rings is 1. The summed E-state index contributed by atoms with van der Waals surface area (Å²) in [4.78, 5) is 6.55. The van der Waals surface area contributed by atoms with Gasteiger partial charge in [-0.25, -0.2) is 0 Å². The zero-order chi connectivity index (χ0) is 14.4. The molecule has 0 radical (unpaired) electrons. The van der Waals surface area contributed by atoms with Crippen molar-refractivity contribution >= 4 is 11.5 Å². The normalized spacial score (nSPS) is 12.8. The fourth-order valence-electron chi connectivity index (χ4n) is 1.35. The van der Waals surface area contributed by atoms with Gasteiger partial charge >= 0.3 is 0 Å². The van der Waals surface area contributed by atoms with Crippen molar-refractivity contribution in [1.29, 1.82) is 0 Å². The van der Waals surface area contributed by atoms with Crippen LogP contribution in [0.5, 0.6) is 5.88 Å². The van der Waals surface area contributed by atoms with Crippen LogP contribution < -0.4 is 15.8 Å². The predicted molar refractivity (Wildman–Crippen MR) is 80.6 cm³/mol. The lowest BCUT2D eigenvalue weighted by Gasteiger charge is -2.20. The van der Waals surface area contributed by atoms with Gasteiger partial charge in [0, 0.05) is 12.6 Å². The molecule has 5 heteroatoms. The molecule has 1 unspecified atom stereocenters. The van der Waals surface area contributed by atoms with E-state index >= 15 is 0 Å². The number of nitrogen functional groups attached to an aromatic ring is 1. The highest BCUT2D eigenvalue weighted by Gasteiger charge is 2.08. The average Bonchev–Trinajstić information content (AvgIpc) is 2.35. The van der Waals surface area contributed by atoms with Crippen LogP contribution in [-0.4, -0.2) is 43.2 Å². The minimum Gasteiger partial charge on any atom is -0.476 e. The fourth-order valence-corrected chi connectivity index (χ4v) is 1.35. The molecule has 0 aliphatic heterocycles. The lowest BCUT2D eigenvalue weighted by Crippen LogP contribution is -2.31. The van der Waals surface area contributed by atoms with Crippen LogP contribution >= 0.6 is 0 Å². The summed E-state index contributed by atoms with van der Waals surface area (Å²) in [6, 6.07) is 4.13. The summed E-state index contributed by atoms with van der Waals surface area (Å²) in [5, 5.41) is 3.29. The van der Waals surface area contributed by atoms with Crippen molar-refractivity contribution in [2.24, 2.45) is 5.92 Å². The third-order valence-electron chi connectivity index (χ3n) is 2.90. The van der Waals surface area contributed by atoms with Gasteiger partial charge in [-0.3, -0.25) is 0 Å². The van der Waals surface area contributed by atoms with E-state index in [1.54, 1.807) is 0 Å². The molecule has 3 N–H and O–H groups in total. The molecule has 19 heavy (non-hydrogen) atoms. The molecule has 0 amide bonds. The summed E-state index contributed by atoms with van der Waals surface area (Å²) < 4.78 is 5.61. The number of likely N-dealkylation sites (N-methyl/N-ethyl adjacent to an activating group) is 1. The second-order valence-electron chi connectivity index (χ2n) is 5.49. The van der Waals surface area contributed by atoms with E-state index in [1.807, 2.05) is 12.1 Å². The summed E-state index contributed by atoms with van der Waals surface area (Å²) in [6.45, 7) is 7.79. The van der Waals surface area contributed by atoms with Crippen LogP contribution in [0.15, 0.2) is 12.1 Å². The van der Waals surface area contributed by atoms with Gasteiger partial charge in [0.2, 0.25) is 5.88 Å². The quantitative estimate of drug-likeness (QED) is 0.791. The Morgan fingerprint density at radius 1 is 1.32 bits per heavy atom. The van der Waals surface area contributed by atoms with Gasteiger partial charge in [-0.15, -0.1) is 0 Å². The Labute approximate surface area is 116 Å². The molecule has 108 valence electrons. The molecule has 5 nitrogen and oxygen atoms in total. The summed E-state index contributed by atoms with van der Waals surface area (Å²) in [5.41, 5.74) is 6.43. The number of hydrogen-bond acceptors (Lipinski definition) is 5. The Balaban J connectivity index is 2.62. The summed E-state index contributed by atoms with van der Waals surface area (Å²) in [7, 11) is 4.11. The first kappa shape index (κ1) is 15.6. The van der Waals surface area contributed by atoms with Gasteiger partial charge in [-0.1, -0.05) is 13.8 Å². The fraction of sp³-hybridized carbons (Fsp3) is 0.643. The molecule has 0 aromatic carbocycles. The average molecular weight is 266 g/mol. The number of hydrogen-bond donors (Lipinski definition) is 2. The van der Waals surface area contributed by atoms with Crippen LogP contribution in [0.3, 0.4) is 0 Å². The Morgan fingerprint density at radius 3 is 2.58 bits per heavy atom. The molecule has 0 bridgehead atoms. The zero-order valence-electron chi connectivity index (χ0n) is 12.6. The third kappa shape index (κ3) is 5.34. The molecule has 0 aliphatic rings. The standard InChI is InChI=1S/C14H26N4O/c1-10(2)9-19-14-12(15)6-7-13(17-14)16-8-11(3)18(4)5/h6-7,10-11H,8-9,15H2,1-5H3,(H,16,17). The maximum Gasteiger partial charge on any atom is 0.239 e. The van der Waals surface area contributed by atoms with Crippen molar-refractivity contribution in [2.75, 3.05) is 38.3 Å². The van der Waals surface area contributed by atoms with Crippen LogP contribution in [0.2, 0.25) is 0 Å². The number of aromatic nitrogens is 1. The second-order valence-corrected chi connectivity index (χ2v) is 5.49. The number of anilines is 2. The van der Waals surface area contributed by atoms with Crippen molar-refractivity contribution in [3.05, 3.63) is 12.1 Å². The van der Waals surface area contributed by atoms with Crippen LogP contribution in [0.1, 0.15) is 20.8 Å². The van der Waals surface area contributed by atoms with E-state index < -0.39 is 0 Å². The number of nitrogens with two attached hydrogens (primary N) is 1. The van der Waals surface area contributed by atoms with E-state index in [9.17, 15) is 0 Å². The molecule has 0 saturated heterocycles. The van der Waals surface area contributed by atoms with E-state index in [2.05, 4.69) is 50.1 Å². The highest BCUT2D eigenvalue weighted by Crippen LogP contribution is 2.21. The number of nitrogens with zero attached hydrogens (tertiary/aromatic N) is 2. The van der Waals surface area contributed by atoms with Gasteiger partial charge in [0.25, 0.3) is 0 Å². The first-order chi connectivity index (χ1) is 8.90. The number of nitrogens with one attached hydrogen (secondary N) is 1. The van der Waals surface area contributed by atoms with Crippen molar-refractivity contribution in [1.82, 2.24) is 9.88 Å². The van der Waals surface area contributed by atoms with Crippen molar-refractivity contribution in [2.45, 2.75) is 26.8 Å². The third-order valence-corrected chi connectivity index (χ3v) is 2.90. The molecule has 0 spiro atoms. The monoisotopic (exact) mass is 266 g/mol. The van der Waals surface area contributed by atoms with Gasteiger partial charge in [-0.2, -0.15) is 4.98 Å². The minimum absolute atomic E-state index is 0.430. The van der Waals surface area contributed by atoms with Crippen molar-refractivity contribution in [3.63, 3.8) is 0 Å². The summed E-state index contributed by atoms with van der Waals surface area (Å²) >= 11 is 0. The zero-order valence-corrected chi connectivity index (χ0v) is 12.6. The molecule has 1 aromatic heterocycles.